The molecule has 0 bridgehead atoms. The summed E-state index contributed by atoms with van der Waals surface area (Å²) in [6.07, 6.45) is -1.04. The third kappa shape index (κ3) is 3.40. The quantitative estimate of drug-likeness (QED) is 0.754. The Hall–Kier alpha value is -2.89. The van der Waals surface area contributed by atoms with Crippen LogP contribution in [0.4, 0.5) is 4.79 Å². The highest BCUT2D eigenvalue weighted by molar-refractivity contribution is 7.08. The van der Waals surface area contributed by atoms with Gasteiger partial charge < -0.3 is 15.2 Å². The molecule has 1 saturated heterocycles. The Labute approximate surface area is 154 Å². The highest BCUT2D eigenvalue weighted by atomic mass is 32.1. The maximum atomic E-state index is 12.7. The number of amides is 3. The fourth-order valence-electron chi connectivity index (χ4n) is 2.69. The Kier molecular flexibility index (Phi) is 4.93. The first-order valence-corrected chi connectivity index (χ1v) is 8.86. The van der Waals surface area contributed by atoms with E-state index in [9.17, 15) is 14.7 Å². The molecule has 1 aliphatic heterocycles. The van der Waals surface area contributed by atoms with Gasteiger partial charge >= 0.3 is 6.03 Å². The highest BCUT2D eigenvalue weighted by Gasteiger charge is 2.49. The van der Waals surface area contributed by atoms with Crippen molar-refractivity contribution in [2.45, 2.75) is 18.6 Å². The van der Waals surface area contributed by atoms with E-state index in [2.05, 4.69) is 5.32 Å². The number of imide groups is 1. The zero-order valence-corrected chi connectivity index (χ0v) is 14.8. The number of benzene rings is 1. The summed E-state index contributed by atoms with van der Waals surface area (Å²) in [5.74, 6) is 0.0849. The van der Waals surface area contributed by atoms with E-state index in [1.165, 1.54) is 11.3 Å². The molecule has 2 N–H and O–H groups in total. The van der Waals surface area contributed by atoms with E-state index in [1.807, 2.05) is 16.8 Å². The fourth-order valence-corrected chi connectivity index (χ4v) is 3.45. The largest absolute Gasteiger partial charge is 0.491 e. The molecule has 1 aromatic heterocycles. The molecule has 1 aromatic carbocycles. The number of rotatable bonds is 6. The van der Waals surface area contributed by atoms with E-state index >= 15 is 0 Å². The number of thiophene rings is 1. The van der Waals surface area contributed by atoms with E-state index in [0.717, 1.165) is 4.90 Å². The van der Waals surface area contributed by atoms with Crippen molar-refractivity contribution in [1.29, 1.82) is 5.26 Å². The highest BCUT2D eigenvalue weighted by Crippen LogP contribution is 2.30. The molecular formula is C18H17N3O4S. The number of carbonyl (C=O) groups is 2. The van der Waals surface area contributed by atoms with Crippen LogP contribution in [0.25, 0.3) is 0 Å². The van der Waals surface area contributed by atoms with Crippen LogP contribution in [0, 0.1) is 11.3 Å². The number of hydrogen-bond donors (Lipinski definition) is 2. The van der Waals surface area contributed by atoms with Crippen molar-refractivity contribution >= 4 is 23.3 Å². The summed E-state index contributed by atoms with van der Waals surface area (Å²) in [5, 5.41) is 25.3. The molecule has 0 aliphatic carbocycles. The van der Waals surface area contributed by atoms with Crippen molar-refractivity contribution in [3.63, 3.8) is 0 Å². The molecule has 7 nitrogen and oxygen atoms in total. The van der Waals surface area contributed by atoms with E-state index in [4.69, 9.17) is 10.00 Å². The second-order valence-electron chi connectivity index (χ2n) is 6.08. The smallest absolute Gasteiger partial charge is 0.325 e. The molecule has 2 heterocycles. The van der Waals surface area contributed by atoms with E-state index < -0.39 is 23.6 Å². The Morgan fingerprint density at radius 3 is 2.69 bits per heavy atom. The Bertz CT molecular complexity index is 844. The van der Waals surface area contributed by atoms with Crippen molar-refractivity contribution in [2.24, 2.45) is 0 Å². The van der Waals surface area contributed by atoms with Gasteiger partial charge in [-0.2, -0.15) is 16.6 Å². The Morgan fingerprint density at radius 2 is 2.08 bits per heavy atom. The molecule has 26 heavy (non-hydrogen) atoms. The lowest BCUT2D eigenvalue weighted by molar-refractivity contribution is -0.132. The van der Waals surface area contributed by atoms with E-state index in [-0.39, 0.29) is 13.2 Å². The monoisotopic (exact) mass is 371 g/mol. The first kappa shape index (κ1) is 17.9. The van der Waals surface area contributed by atoms with E-state index in [0.29, 0.717) is 16.9 Å². The lowest BCUT2D eigenvalue weighted by Gasteiger charge is -2.22. The molecule has 3 amide bonds. The molecule has 2 atom stereocenters. The molecule has 3 rings (SSSR count). The minimum Gasteiger partial charge on any atom is -0.491 e. The Morgan fingerprint density at radius 1 is 1.35 bits per heavy atom. The Balaban J connectivity index is 1.60. The van der Waals surface area contributed by atoms with Crippen LogP contribution < -0.4 is 10.1 Å². The van der Waals surface area contributed by atoms with Gasteiger partial charge in [-0.25, -0.2) is 4.79 Å². The second kappa shape index (κ2) is 7.15. The van der Waals surface area contributed by atoms with Crippen LogP contribution in [-0.4, -0.2) is 41.2 Å². The van der Waals surface area contributed by atoms with Crippen molar-refractivity contribution in [3.8, 4) is 11.8 Å². The van der Waals surface area contributed by atoms with Crippen molar-refractivity contribution in [1.82, 2.24) is 10.2 Å². The molecule has 0 unspecified atom stereocenters. The molecule has 0 spiro atoms. The molecule has 0 radical (unpaired) electrons. The third-order valence-corrected chi connectivity index (χ3v) is 4.88. The molecule has 134 valence electrons. The SMILES string of the molecule is C[C@]1(c2ccsc2)NC(=O)N(C[C@@H](O)COc2ccc(C#N)cc2)C1=O. The van der Waals surface area contributed by atoms with Crippen molar-refractivity contribution < 1.29 is 19.4 Å². The van der Waals surface area contributed by atoms with Crippen LogP contribution in [0.1, 0.15) is 18.1 Å². The molecule has 1 fully saturated rings. The summed E-state index contributed by atoms with van der Waals surface area (Å²) in [7, 11) is 0. The van der Waals surface area contributed by atoms with Crippen LogP contribution in [0.5, 0.6) is 5.75 Å². The normalized spacial score (nSPS) is 20.6. The van der Waals surface area contributed by atoms with E-state index in [1.54, 1.807) is 37.3 Å². The number of urea groups is 1. The zero-order chi connectivity index (χ0) is 18.7. The number of β-amino-alcohol motifs (C(OH)–C–C–N with tert-alkyl or cyclic N) is 1. The minimum absolute atomic E-state index is 0.0852. The fraction of sp³-hybridized carbons (Fsp3) is 0.278. The van der Waals surface area contributed by atoms with Crippen LogP contribution in [-0.2, 0) is 10.3 Å². The lowest BCUT2D eigenvalue weighted by atomic mass is 9.95. The van der Waals surface area contributed by atoms with Gasteiger partial charge in [-0.1, -0.05) is 0 Å². The topological polar surface area (TPSA) is 103 Å². The van der Waals surface area contributed by atoms with Gasteiger partial charge in [-0.3, -0.25) is 9.69 Å². The first-order valence-electron chi connectivity index (χ1n) is 7.92. The molecular weight excluding hydrogens is 354 g/mol. The summed E-state index contributed by atoms with van der Waals surface area (Å²) in [6, 6.07) is 9.69. The molecule has 8 heteroatoms. The van der Waals surface area contributed by atoms with Crippen molar-refractivity contribution in [2.75, 3.05) is 13.2 Å². The summed E-state index contributed by atoms with van der Waals surface area (Å²) < 4.78 is 5.44. The number of ether oxygens (including phenoxy) is 1. The zero-order valence-electron chi connectivity index (χ0n) is 14.0. The predicted molar refractivity (Wildman–Crippen MR) is 94.6 cm³/mol. The molecule has 1 aliphatic rings. The maximum absolute atomic E-state index is 12.7. The standard InChI is InChI=1S/C18H17N3O4S/c1-18(13-6-7-26-11-13)16(23)21(17(24)20-18)9-14(22)10-25-15-4-2-12(8-19)3-5-15/h2-7,11,14,22H,9-10H2,1H3,(H,20,24)/t14-,18-/m1/s1. The van der Waals surface area contributed by atoms with Gasteiger partial charge in [0.1, 0.15) is 24.0 Å². The van der Waals surface area contributed by atoms with Crippen molar-refractivity contribution in [3.05, 3.63) is 52.2 Å². The number of aliphatic hydroxyl groups excluding tert-OH is 1. The summed E-state index contributed by atoms with van der Waals surface area (Å²) in [4.78, 5) is 25.9. The third-order valence-electron chi connectivity index (χ3n) is 4.19. The predicted octanol–water partition coefficient (Wildman–Crippen LogP) is 1.83. The summed E-state index contributed by atoms with van der Waals surface area (Å²) in [5.41, 5.74) is 0.0988. The maximum Gasteiger partial charge on any atom is 0.325 e. The number of nitriles is 1. The number of carbonyl (C=O) groups excluding carboxylic acids is 2. The number of hydrogen-bond acceptors (Lipinski definition) is 6. The minimum atomic E-state index is -1.12. The average Bonchev–Trinajstić information content (AvgIpc) is 3.25. The van der Waals surface area contributed by atoms with Crippen LogP contribution in [0.3, 0.4) is 0 Å². The molecule has 0 saturated carbocycles. The van der Waals surface area contributed by atoms with Gasteiger partial charge in [-0.05, 0) is 53.6 Å². The van der Waals surface area contributed by atoms with Gasteiger partial charge in [-0.15, -0.1) is 0 Å². The van der Waals surface area contributed by atoms with Gasteiger partial charge in [0.15, 0.2) is 0 Å². The number of aliphatic hydroxyl groups is 1. The first-order chi connectivity index (χ1) is 12.4. The number of nitrogens with one attached hydrogen (secondary N) is 1. The number of nitrogens with zero attached hydrogens (tertiary/aromatic N) is 2. The second-order valence-corrected chi connectivity index (χ2v) is 6.86. The summed E-state index contributed by atoms with van der Waals surface area (Å²) in [6.45, 7) is 1.40. The lowest BCUT2D eigenvalue weighted by Crippen LogP contribution is -2.42. The van der Waals surface area contributed by atoms with Crippen LogP contribution in [0.2, 0.25) is 0 Å². The molecule has 2 aromatic rings. The van der Waals surface area contributed by atoms with Crippen LogP contribution >= 0.6 is 11.3 Å². The van der Waals surface area contributed by atoms with Gasteiger partial charge in [0.2, 0.25) is 0 Å². The van der Waals surface area contributed by atoms with Crippen LogP contribution in [0.15, 0.2) is 41.1 Å². The average molecular weight is 371 g/mol. The van der Waals surface area contributed by atoms with Gasteiger partial charge in [0, 0.05) is 0 Å². The van der Waals surface area contributed by atoms with Gasteiger partial charge in [0.05, 0.1) is 18.2 Å². The van der Waals surface area contributed by atoms with Gasteiger partial charge in [0.25, 0.3) is 5.91 Å². The summed E-state index contributed by atoms with van der Waals surface area (Å²) >= 11 is 1.44.